The molecular formula is C14H18N2O. The Hall–Kier alpha value is -1.48. The van der Waals surface area contributed by atoms with Gasteiger partial charge in [0.25, 0.3) is 0 Å². The van der Waals surface area contributed by atoms with Gasteiger partial charge in [0.15, 0.2) is 5.88 Å². The number of piperidine rings is 1. The topological polar surface area (TPSA) is 39.3 Å². The van der Waals surface area contributed by atoms with Crippen LogP contribution in [0.2, 0.25) is 0 Å². The number of benzene rings is 1. The molecule has 0 radical (unpaired) electrons. The molecule has 1 saturated heterocycles. The highest BCUT2D eigenvalue weighted by Gasteiger charge is 2.18. The average Bonchev–Trinajstić information content (AvgIpc) is 2.72. The SMILES string of the molecule is CN1CCC(c2ccc3c(O)[nH]cc3c2)CC1. The first-order valence-corrected chi connectivity index (χ1v) is 6.22. The Morgan fingerprint density at radius 3 is 2.82 bits per heavy atom. The molecule has 0 atom stereocenters. The van der Waals surface area contributed by atoms with Crippen molar-refractivity contribution in [1.82, 2.24) is 9.88 Å². The van der Waals surface area contributed by atoms with E-state index in [0.717, 1.165) is 10.8 Å². The summed E-state index contributed by atoms with van der Waals surface area (Å²) in [4.78, 5) is 5.25. The third-order valence-corrected chi connectivity index (χ3v) is 3.89. The van der Waals surface area contributed by atoms with Gasteiger partial charge < -0.3 is 15.0 Å². The molecule has 0 unspecified atom stereocenters. The standard InChI is InChI=1S/C14H18N2O/c1-16-6-4-10(5-7-16)11-2-3-13-12(8-11)9-15-14(13)17/h2-3,8-10,15,17H,4-7H2,1H3. The fraction of sp³-hybridized carbons (Fsp3) is 0.429. The Morgan fingerprint density at radius 2 is 2.06 bits per heavy atom. The molecule has 0 spiro atoms. The molecule has 1 fully saturated rings. The number of nitrogens with one attached hydrogen (secondary N) is 1. The van der Waals surface area contributed by atoms with Crippen LogP contribution in [-0.4, -0.2) is 35.1 Å². The van der Waals surface area contributed by atoms with Crippen molar-refractivity contribution in [1.29, 1.82) is 0 Å². The second-order valence-electron chi connectivity index (χ2n) is 5.06. The highest BCUT2D eigenvalue weighted by atomic mass is 16.3. The minimum Gasteiger partial charge on any atom is -0.494 e. The van der Waals surface area contributed by atoms with Crippen LogP contribution in [-0.2, 0) is 0 Å². The lowest BCUT2D eigenvalue weighted by Crippen LogP contribution is -2.29. The number of aromatic amines is 1. The fourth-order valence-corrected chi connectivity index (χ4v) is 2.74. The third-order valence-electron chi connectivity index (χ3n) is 3.89. The number of hydrogen-bond acceptors (Lipinski definition) is 2. The maximum Gasteiger partial charge on any atom is 0.196 e. The van der Waals surface area contributed by atoms with Gasteiger partial charge in [-0.15, -0.1) is 0 Å². The summed E-state index contributed by atoms with van der Waals surface area (Å²) in [6.45, 7) is 2.36. The first-order chi connectivity index (χ1) is 8.24. The van der Waals surface area contributed by atoms with Crippen LogP contribution in [0.15, 0.2) is 24.4 Å². The number of nitrogens with zero attached hydrogens (tertiary/aromatic N) is 1. The molecule has 0 saturated carbocycles. The zero-order chi connectivity index (χ0) is 11.8. The van der Waals surface area contributed by atoms with E-state index in [0.29, 0.717) is 5.92 Å². The van der Waals surface area contributed by atoms with Crippen LogP contribution in [0.5, 0.6) is 5.88 Å². The molecule has 0 bridgehead atoms. The van der Waals surface area contributed by atoms with Gasteiger partial charge in [0.1, 0.15) is 0 Å². The summed E-state index contributed by atoms with van der Waals surface area (Å²) in [5, 5.41) is 11.6. The molecule has 1 aromatic carbocycles. The first kappa shape index (κ1) is 10.7. The summed E-state index contributed by atoms with van der Waals surface area (Å²) < 4.78 is 0. The molecule has 17 heavy (non-hydrogen) atoms. The van der Waals surface area contributed by atoms with E-state index in [1.165, 1.54) is 31.5 Å². The smallest absolute Gasteiger partial charge is 0.196 e. The van der Waals surface area contributed by atoms with Crippen molar-refractivity contribution in [2.24, 2.45) is 0 Å². The third kappa shape index (κ3) is 1.91. The Morgan fingerprint density at radius 1 is 1.29 bits per heavy atom. The summed E-state index contributed by atoms with van der Waals surface area (Å²) in [7, 11) is 2.18. The summed E-state index contributed by atoms with van der Waals surface area (Å²) in [6, 6.07) is 6.39. The predicted octanol–water partition coefficient (Wildman–Crippen LogP) is 2.68. The molecule has 2 heterocycles. The summed E-state index contributed by atoms with van der Waals surface area (Å²) in [5.74, 6) is 0.947. The van der Waals surface area contributed by atoms with E-state index in [9.17, 15) is 5.11 Å². The minimum atomic E-state index is 0.273. The van der Waals surface area contributed by atoms with Crippen molar-refractivity contribution in [3.8, 4) is 5.88 Å². The first-order valence-electron chi connectivity index (χ1n) is 6.22. The van der Waals surface area contributed by atoms with Gasteiger partial charge in [0.2, 0.25) is 0 Å². The van der Waals surface area contributed by atoms with E-state index in [2.05, 4.69) is 29.1 Å². The molecule has 3 heteroatoms. The second-order valence-corrected chi connectivity index (χ2v) is 5.06. The molecule has 3 rings (SSSR count). The van der Waals surface area contributed by atoms with Gasteiger partial charge in [-0.1, -0.05) is 6.07 Å². The Labute approximate surface area is 101 Å². The van der Waals surface area contributed by atoms with Crippen LogP contribution in [0, 0.1) is 0 Å². The van der Waals surface area contributed by atoms with Gasteiger partial charge >= 0.3 is 0 Å². The quantitative estimate of drug-likeness (QED) is 0.790. The number of hydrogen-bond donors (Lipinski definition) is 2. The average molecular weight is 230 g/mol. The van der Waals surface area contributed by atoms with E-state index in [-0.39, 0.29) is 5.88 Å². The van der Waals surface area contributed by atoms with Crippen LogP contribution in [0.1, 0.15) is 24.3 Å². The lowest BCUT2D eigenvalue weighted by molar-refractivity contribution is 0.255. The number of rotatable bonds is 1. The number of aromatic hydroxyl groups is 1. The van der Waals surface area contributed by atoms with Crippen LogP contribution >= 0.6 is 0 Å². The highest BCUT2D eigenvalue weighted by molar-refractivity contribution is 5.88. The highest BCUT2D eigenvalue weighted by Crippen LogP contribution is 2.31. The van der Waals surface area contributed by atoms with Crippen molar-refractivity contribution in [3.05, 3.63) is 30.0 Å². The molecule has 2 N–H and O–H groups in total. The molecule has 1 aliphatic rings. The van der Waals surface area contributed by atoms with E-state index in [4.69, 9.17) is 0 Å². The van der Waals surface area contributed by atoms with E-state index < -0.39 is 0 Å². The van der Waals surface area contributed by atoms with E-state index in [1.54, 1.807) is 0 Å². The summed E-state index contributed by atoms with van der Waals surface area (Å²) >= 11 is 0. The minimum absolute atomic E-state index is 0.273. The fourth-order valence-electron chi connectivity index (χ4n) is 2.74. The van der Waals surface area contributed by atoms with Gasteiger partial charge in [0, 0.05) is 17.0 Å². The lowest BCUT2D eigenvalue weighted by Gasteiger charge is -2.29. The van der Waals surface area contributed by atoms with E-state index in [1.807, 2.05) is 12.3 Å². The van der Waals surface area contributed by atoms with Crippen LogP contribution in [0.4, 0.5) is 0 Å². The molecule has 0 amide bonds. The summed E-state index contributed by atoms with van der Waals surface area (Å²) in [5.41, 5.74) is 1.41. The van der Waals surface area contributed by atoms with Crippen LogP contribution in [0.3, 0.4) is 0 Å². The molecule has 3 nitrogen and oxygen atoms in total. The Balaban J connectivity index is 1.90. The summed E-state index contributed by atoms with van der Waals surface area (Å²) in [6.07, 6.45) is 4.35. The van der Waals surface area contributed by atoms with E-state index >= 15 is 0 Å². The van der Waals surface area contributed by atoms with Crippen LogP contribution in [0.25, 0.3) is 10.8 Å². The van der Waals surface area contributed by atoms with Gasteiger partial charge in [-0.3, -0.25) is 0 Å². The van der Waals surface area contributed by atoms with Gasteiger partial charge in [-0.2, -0.15) is 0 Å². The Bertz CT molecular complexity index is 524. The maximum absolute atomic E-state index is 9.58. The number of likely N-dealkylation sites (tertiary alicyclic amines) is 1. The molecule has 1 aliphatic heterocycles. The molecule has 2 aromatic rings. The molecule has 90 valence electrons. The molecule has 0 aliphatic carbocycles. The normalized spacial score (nSPS) is 18.9. The number of H-pyrrole nitrogens is 1. The van der Waals surface area contributed by atoms with Gasteiger partial charge in [0.05, 0.1) is 0 Å². The van der Waals surface area contributed by atoms with Crippen molar-refractivity contribution >= 4 is 10.8 Å². The predicted molar refractivity (Wildman–Crippen MR) is 69.4 cm³/mol. The Kier molecular flexibility index (Phi) is 2.56. The molecular weight excluding hydrogens is 212 g/mol. The zero-order valence-corrected chi connectivity index (χ0v) is 10.1. The monoisotopic (exact) mass is 230 g/mol. The molecule has 1 aromatic heterocycles. The van der Waals surface area contributed by atoms with Crippen molar-refractivity contribution in [2.45, 2.75) is 18.8 Å². The van der Waals surface area contributed by atoms with Gasteiger partial charge in [-0.25, -0.2) is 0 Å². The van der Waals surface area contributed by atoms with Crippen molar-refractivity contribution < 1.29 is 5.11 Å². The lowest BCUT2D eigenvalue weighted by atomic mass is 9.89. The van der Waals surface area contributed by atoms with Crippen molar-refractivity contribution in [2.75, 3.05) is 20.1 Å². The largest absolute Gasteiger partial charge is 0.494 e. The van der Waals surface area contributed by atoms with Crippen LogP contribution < -0.4 is 0 Å². The maximum atomic E-state index is 9.58. The number of aromatic nitrogens is 1. The second kappa shape index (κ2) is 4.08. The number of fused-ring (bicyclic) bond motifs is 1. The zero-order valence-electron chi connectivity index (χ0n) is 10.1. The van der Waals surface area contributed by atoms with Crippen molar-refractivity contribution in [3.63, 3.8) is 0 Å². The van der Waals surface area contributed by atoms with Gasteiger partial charge in [-0.05, 0) is 56.6 Å².